The molecule has 2 unspecified atom stereocenters. The predicted molar refractivity (Wildman–Crippen MR) is 59.9 cm³/mol. The molecule has 0 aromatic heterocycles. The average Bonchev–Trinajstić information content (AvgIpc) is 2.91. The van der Waals surface area contributed by atoms with Gasteiger partial charge in [-0.2, -0.15) is 0 Å². The average molecular weight is 222 g/mol. The van der Waals surface area contributed by atoms with Crippen LogP contribution < -0.4 is 0 Å². The van der Waals surface area contributed by atoms with Gasteiger partial charge in [0.15, 0.2) is 4.27 Å². The second-order valence-electron chi connectivity index (χ2n) is 3.34. The van der Waals surface area contributed by atoms with Gasteiger partial charge in [0.2, 0.25) is 0 Å². The minimum Gasteiger partial charge on any atom is -0.336 e. The summed E-state index contributed by atoms with van der Waals surface area (Å²) in [4.78, 5) is 0.171. The molecule has 0 aromatic rings. The van der Waals surface area contributed by atoms with Crippen LogP contribution >= 0.6 is 35.3 Å². The Labute approximate surface area is 86.8 Å². The van der Waals surface area contributed by atoms with E-state index in [1.165, 1.54) is 23.7 Å². The molecule has 0 saturated carbocycles. The van der Waals surface area contributed by atoms with Crippen molar-refractivity contribution < 1.29 is 4.74 Å². The van der Waals surface area contributed by atoms with Gasteiger partial charge in [-0.05, 0) is 19.1 Å². The zero-order valence-electron chi connectivity index (χ0n) is 7.46. The summed E-state index contributed by atoms with van der Waals surface area (Å²) in [6.45, 7) is 4.42. The molecule has 2 rings (SSSR count). The highest BCUT2D eigenvalue weighted by molar-refractivity contribution is 8.24. The van der Waals surface area contributed by atoms with E-state index in [1.807, 2.05) is 35.3 Å². The van der Waals surface area contributed by atoms with E-state index < -0.39 is 0 Å². The number of thioether (sulfide) groups is 3. The Kier molecular flexibility index (Phi) is 2.63. The summed E-state index contributed by atoms with van der Waals surface area (Å²) in [6, 6.07) is 0. The lowest BCUT2D eigenvalue weighted by atomic mass is 10.5. The minimum absolute atomic E-state index is 0.161. The Morgan fingerprint density at radius 1 is 1.42 bits per heavy atom. The summed E-state index contributed by atoms with van der Waals surface area (Å²) in [6.07, 6.45) is 1.25. The van der Waals surface area contributed by atoms with Gasteiger partial charge in [-0.3, -0.25) is 0 Å². The second-order valence-corrected chi connectivity index (χ2v) is 7.64. The lowest BCUT2D eigenvalue weighted by molar-refractivity contribution is 0.0638. The Hall–Kier alpha value is 1.01. The lowest BCUT2D eigenvalue weighted by Gasteiger charge is -2.17. The molecule has 0 radical (unpaired) electrons. The van der Waals surface area contributed by atoms with Gasteiger partial charge in [-0.25, -0.2) is 0 Å². The highest BCUT2D eigenvalue weighted by Crippen LogP contribution is 2.61. The van der Waals surface area contributed by atoms with Crippen molar-refractivity contribution in [2.24, 2.45) is 0 Å². The molecule has 4 heteroatoms. The van der Waals surface area contributed by atoms with Crippen LogP contribution in [0, 0.1) is 0 Å². The van der Waals surface area contributed by atoms with E-state index in [9.17, 15) is 0 Å². The molecule has 2 saturated heterocycles. The quantitative estimate of drug-likeness (QED) is 0.522. The molecule has 2 heterocycles. The molecular formula is C8H14OS3. The van der Waals surface area contributed by atoms with Gasteiger partial charge in [0, 0.05) is 11.5 Å². The maximum atomic E-state index is 6.04. The van der Waals surface area contributed by atoms with Crippen molar-refractivity contribution in [3.8, 4) is 0 Å². The lowest BCUT2D eigenvalue weighted by Crippen LogP contribution is -2.20. The third-order valence-corrected chi connectivity index (χ3v) is 6.05. The normalized spacial score (nSPS) is 44.5. The fraction of sp³-hybridized carbons (Fsp3) is 1.00. The van der Waals surface area contributed by atoms with E-state index in [0.29, 0.717) is 0 Å². The summed E-state index contributed by atoms with van der Waals surface area (Å²) < 4.78 is 6.20. The molecule has 2 aliphatic rings. The summed E-state index contributed by atoms with van der Waals surface area (Å²) in [5.74, 6) is 3.60. The van der Waals surface area contributed by atoms with Crippen molar-refractivity contribution in [3.63, 3.8) is 0 Å². The van der Waals surface area contributed by atoms with E-state index >= 15 is 0 Å². The first kappa shape index (κ1) is 9.56. The molecule has 1 nitrogen and oxygen atoms in total. The Bertz CT molecular complexity index is 175. The third kappa shape index (κ3) is 2.28. The fourth-order valence-electron chi connectivity index (χ4n) is 0.978. The molecule has 2 aliphatic heterocycles. The van der Waals surface area contributed by atoms with Gasteiger partial charge >= 0.3 is 0 Å². The minimum atomic E-state index is 0.161. The van der Waals surface area contributed by atoms with E-state index in [1.54, 1.807) is 0 Å². The molecule has 0 N–H and O–H groups in total. The summed E-state index contributed by atoms with van der Waals surface area (Å²) in [5, 5.41) is 0. The van der Waals surface area contributed by atoms with E-state index in [-0.39, 0.29) is 9.20 Å². The standard InChI is InChI=1S/C8H14OS3/c1-3-4-10-8(6-12-8)9-7(2)5-11-7/h3-6H2,1-2H3. The van der Waals surface area contributed by atoms with Crippen molar-refractivity contribution in [2.45, 2.75) is 29.5 Å². The monoisotopic (exact) mass is 222 g/mol. The highest BCUT2D eigenvalue weighted by atomic mass is 32.2. The number of hydrogen-bond acceptors (Lipinski definition) is 4. The Morgan fingerprint density at radius 3 is 2.50 bits per heavy atom. The number of rotatable bonds is 5. The molecular weight excluding hydrogens is 208 g/mol. The largest absolute Gasteiger partial charge is 0.336 e. The van der Waals surface area contributed by atoms with Crippen molar-refractivity contribution in [2.75, 3.05) is 17.3 Å². The highest BCUT2D eigenvalue weighted by Gasteiger charge is 2.55. The summed E-state index contributed by atoms with van der Waals surface area (Å²) >= 11 is 5.86. The molecule has 2 fully saturated rings. The van der Waals surface area contributed by atoms with Gasteiger partial charge in [0.25, 0.3) is 0 Å². The van der Waals surface area contributed by atoms with Crippen LogP contribution in [0.3, 0.4) is 0 Å². The predicted octanol–water partition coefficient (Wildman–Crippen LogP) is 3.01. The molecule has 0 amide bonds. The summed E-state index contributed by atoms with van der Waals surface area (Å²) in [7, 11) is 0. The molecule has 0 bridgehead atoms. The maximum absolute atomic E-state index is 6.04. The van der Waals surface area contributed by atoms with E-state index in [0.717, 1.165) is 0 Å². The molecule has 0 aliphatic carbocycles. The van der Waals surface area contributed by atoms with Crippen molar-refractivity contribution in [1.82, 2.24) is 0 Å². The maximum Gasteiger partial charge on any atom is 0.171 e. The first-order valence-corrected chi connectivity index (χ1v) is 7.26. The first-order chi connectivity index (χ1) is 5.68. The number of hydrogen-bond donors (Lipinski definition) is 0. The fourth-order valence-corrected chi connectivity index (χ4v) is 3.82. The van der Waals surface area contributed by atoms with E-state index in [4.69, 9.17) is 4.74 Å². The zero-order chi connectivity index (χ0) is 8.66. The van der Waals surface area contributed by atoms with Gasteiger partial charge < -0.3 is 4.74 Å². The SMILES string of the molecule is CCCSC1(OC2(C)CS2)CS1. The second kappa shape index (κ2) is 3.30. The summed E-state index contributed by atoms with van der Waals surface area (Å²) in [5.41, 5.74) is 0. The van der Waals surface area contributed by atoms with Crippen LogP contribution in [-0.4, -0.2) is 26.5 Å². The number of ether oxygens (including phenoxy) is 1. The van der Waals surface area contributed by atoms with Crippen molar-refractivity contribution in [3.05, 3.63) is 0 Å². The van der Waals surface area contributed by atoms with Crippen LogP contribution in [0.25, 0.3) is 0 Å². The smallest absolute Gasteiger partial charge is 0.171 e. The van der Waals surface area contributed by atoms with Crippen molar-refractivity contribution in [1.29, 1.82) is 0 Å². The Balaban J connectivity index is 1.77. The van der Waals surface area contributed by atoms with Crippen LogP contribution in [-0.2, 0) is 4.74 Å². The molecule has 0 spiro atoms. The zero-order valence-corrected chi connectivity index (χ0v) is 9.91. The molecule has 70 valence electrons. The van der Waals surface area contributed by atoms with Crippen LogP contribution in [0.5, 0.6) is 0 Å². The molecule has 0 aromatic carbocycles. The van der Waals surface area contributed by atoms with Gasteiger partial charge in [0.05, 0.1) is 0 Å². The van der Waals surface area contributed by atoms with Gasteiger partial charge in [0.1, 0.15) is 4.93 Å². The first-order valence-electron chi connectivity index (χ1n) is 4.30. The van der Waals surface area contributed by atoms with Gasteiger partial charge in [-0.15, -0.1) is 35.3 Å². The topological polar surface area (TPSA) is 9.23 Å². The molecule has 2 atom stereocenters. The van der Waals surface area contributed by atoms with Gasteiger partial charge in [-0.1, -0.05) is 6.92 Å². The van der Waals surface area contributed by atoms with Crippen molar-refractivity contribution >= 4 is 35.3 Å². The Morgan fingerprint density at radius 2 is 2.08 bits per heavy atom. The third-order valence-electron chi connectivity index (χ3n) is 1.83. The van der Waals surface area contributed by atoms with E-state index in [2.05, 4.69) is 13.8 Å². The van der Waals surface area contributed by atoms with Crippen LogP contribution in [0.4, 0.5) is 0 Å². The van der Waals surface area contributed by atoms with Crippen LogP contribution in [0.2, 0.25) is 0 Å². The molecule has 12 heavy (non-hydrogen) atoms. The van der Waals surface area contributed by atoms with Crippen LogP contribution in [0.15, 0.2) is 0 Å². The van der Waals surface area contributed by atoms with Crippen LogP contribution in [0.1, 0.15) is 20.3 Å².